The highest BCUT2D eigenvalue weighted by molar-refractivity contribution is 5.68. The van der Waals surface area contributed by atoms with E-state index in [1.165, 1.54) is 6.07 Å². The van der Waals surface area contributed by atoms with Crippen molar-refractivity contribution < 1.29 is 9.66 Å². The zero-order valence-electron chi connectivity index (χ0n) is 13.4. The topological polar surface area (TPSA) is 92.6 Å². The Hall–Kier alpha value is -2.87. The maximum Gasteiger partial charge on any atom is 0.311 e. The lowest BCUT2D eigenvalue weighted by atomic mass is 10.3. The zero-order chi connectivity index (χ0) is 16.9. The van der Waals surface area contributed by atoms with E-state index in [4.69, 9.17) is 4.74 Å². The molecule has 0 amide bonds. The molecule has 0 saturated carbocycles. The molecule has 126 valence electrons. The van der Waals surface area contributed by atoms with E-state index in [0.29, 0.717) is 5.69 Å². The van der Waals surface area contributed by atoms with Gasteiger partial charge in [-0.3, -0.25) is 10.1 Å². The molecule has 2 N–H and O–H groups in total. The van der Waals surface area contributed by atoms with Gasteiger partial charge in [0.1, 0.15) is 11.6 Å². The second-order valence-corrected chi connectivity index (χ2v) is 5.38. The van der Waals surface area contributed by atoms with Crippen molar-refractivity contribution in [1.82, 2.24) is 10.3 Å². The summed E-state index contributed by atoms with van der Waals surface area (Å²) in [6.07, 6.45) is 0. The van der Waals surface area contributed by atoms with Crippen LogP contribution in [-0.2, 0) is 0 Å². The van der Waals surface area contributed by atoms with E-state index in [0.717, 1.165) is 37.7 Å². The molecule has 1 aromatic carbocycles. The highest BCUT2D eigenvalue weighted by Crippen LogP contribution is 2.29. The molecule has 0 unspecified atom stereocenters. The van der Waals surface area contributed by atoms with E-state index < -0.39 is 4.92 Å². The van der Waals surface area contributed by atoms with E-state index in [-0.39, 0.29) is 11.5 Å². The highest BCUT2D eigenvalue weighted by Gasteiger charge is 2.19. The normalized spacial score (nSPS) is 14.3. The second kappa shape index (κ2) is 7.14. The number of nitrogens with one attached hydrogen (secondary N) is 2. The second-order valence-electron chi connectivity index (χ2n) is 5.38. The largest absolute Gasteiger partial charge is 0.497 e. The molecule has 2 heterocycles. The van der Waals surface area contributed by atoms with Crippen LogP contribution in [0.25, 0.3) is 0 Å². The predicted molar refractivity (Wildman–Crippen MR) is 92.3 cm³/mol. The maximum atomic E-state index is 11.3. The van der Waals surface area contributed by atoms with Crippen LogP contribution in [0.5, 0.6) is 5.75 Å². The number of nitrogens with zero attached hydrogens (tertiary/aromatic N) is 3. The number of hydrogen-bond donors (Lipinski definition) is 2. The molecule has 3 rings (SSSR count). The number of benzene rings is 1. The van der Waals surface area contributed by atoms with Crippen molar-refractivity contribution >= 4 is 23.0 Å². The molecule has 1 aromatic heterocycles. The average Bonchev–Trinajstić information content (AvgIpc) is 2.63. The Bertz CT molecular complexity index is 714. The first-order valence-corrected chi connectivity index (χ1v) is 7.69. The van der Waals surface area contributed by atoms with Crippen LogP contribution < -0.4 is 20.3 Å². The first kappa shape index (κ1) is 16.0. The summed E-state index contributed by atoms with van der Waals surface area (Å²) in [6, 6.07) is 10.4. The number of rotatable bonds is 5. The van der Waals surface area contributed by atoms with Gasteiger partial charge >= 0.3 is 5.69 Å². The fraction of sp³-hybridized carbons (Fsp3) is 0.312. The van der Waals surface area contributed by atoms with Crippen LogP contribution in [0.3, 0.4) is 0 Å². The number of anilines is 3. The third kappa shape index (κ3) is 3.54. The quantitative estimate of drug-likeness (QED) is 0.641. The Morgan fingerprint density at radius 2 is 1.92 bits per heavy atom. The van der Waals surface area contributed by atoms with E-state index in [1.807, 2.05) is 0 Å². The van der Waals surface area contributed by atoms with Crippen LogP contribution in [0.1, 0.15) is 0 Å². The molecule has 8 nitrogen and oxygen atoms in total. The van der Waals surface area contributed by atoms with Gasteiger partial charge in [0.2, 0.25) is 5.82 Å². The molecule has 0 atom stereocenters. The summed E-state index contributed by atoms with van der Waals surface area (Å²) in [5.41, 5.74) is 0.661. The van der Waals surface area contributed by atoms with E-state index in [9.17, 15) is 10.1 Å². The van der Waals surface area contributed by atoms with Gasteiger partial charge in [-0.15, -0.1) is 0 Å². The van der Waals surface area contributed by atoms with Crippen molar-refractivity contribution in [3.05, 3.63) is 46.5 Å². The van der Waals surface area contributed by atoms with Gasteiger partial charge in [-0.2, -0.15) is 0 Å². The van der Waals surface area contributed by atoms with E-state index >= 15 is 0 Å². The molecule has 0 spiro atoms. The molecule has 2 aromatic rings. The third-order valence-corrected chi connectivity index (χ3v) is 3.85. The van der Waals surface area contributed by atoms with Gasteiger partial charge in [0.15, 0.2) is 0 Å². The maximum absolute atomic E-state index is 11.3. The van der Waals surface area contributed by atoms with Crippen LogP contribution in [-0.4, -0.2) is 43.2 Å². The monoisotopic (exact) mass is 329 g/mol. The molecule has 0 bridgehead atoms. The molecular weight excluding hydrogens is 310 g/mol. The zero-order valence-corrected chi connectivity index (χ0v) is 13.4. The molecular formula is C16H19N5O3. The molecule has 1 aliphatic rings. The van der Waals surface area contributed by atoms with Gasteiger partial charge in [0.25, 0.3) is 0 Å². The van der Waals surface area contributed by atoms with Crippen LogP contribution in [0.15, 0.2) is 36.4 Å². The molecule has 8 heteroatoms. The average molecular weight is 329 g/mol. The Labute approximate surface area is 139 Å². The number of nitro groups is 1. The molecule has 1 fully saturated rings. The number of aromatic nitrogens is 1. The summed E-state index contributed by atoms with van der Waals surface area (Å²) >= 11 is 0. The minimum atomic E-state index is -0.430. The van der Waals surface area contributed by atoms with Crippen molar-refractivity contribution in [3.63, 3.8) is 0 Å². The fourth-order valence-electron chi connectivity index (χ4n) is 2.56. The summed E-state index contributed by atoms with van der Waals surface area (Å²) < 4.78 is 5.12. The lowest BCUT2D eigenvalue weighted by molar-refractivity contribution is -0.384. The first-order chi connectivity index (χ1) is 11.7. The standard InChI is InChI=1S/C16H19N5O3/c1-24-13-4-2-12(3-5-13)18-16-14(21(22)23)6-7-15(19-16)20-10-8-17-9-11-20/h2-7,17H,8-11H2,1H3,(H,18,19). The van der Waals surface area contributed by atoms with Crippen molar-refractivity contribution in [2.24, 2.45) is 0 Å². The van der Waals surface area contributed by atoms with Crippen LogP contribution in [0, 0.1) is 10.1 Å². The van der Waals surface area contributed by atoms with Gasteiger partial charge < -0.3 is 20.3 Å². The minimum absolute atomic E-state index is 0.0512. The Balaban J connectivity index is 1.88. The summed E-state index contributed by atoms with van der Waals surface area (Å²) in [5.74, 6) is 1.69. The summed E-state index contributed by atoms with van der Waals surface area (Å²) in [7, 11) is 1.59. The molecule has 24 heavy (non-hydrogen) atoms. The van der Waals surface area contributed by atoms with Gasteiger partial charge in [-0.05, 0) is 30.3 Å². The number of methoxy groups -OCH3 is 1. The third-order valence-electron chi connectivity index (χ3n) is 3.85. The Morgan fingerprint density at radius 1 is 1.21 bits per heavy atom. The van der Waals surface area contributed by atoms with Gasteiger partial charge in [0.05, 0.1) is 12.0 Å². The smallest absolute Gasteiger partial charge is 0.311 e. The van der Waals surface area contributed by atoms with Crippen LogP contribution in [0.4, 0.5) is 23.0 Å². The van der Waals surface area contributed by atoms with Crippen molar-refractivity contribution in [3.8, 4) is 5.75 Å². The van der Waals surface area contributed by atoms with Gasteiger partial charge in [-0.1, -0.05) is 0 Å². The Morgan fingerprint density at radius 3 is 2.54 bits per heavy atom. The summed E-state index contributed by atoms with van der Waals surface area (Å²) in [6.45, 7) is 3.40. The predicted octanol–water partition coefficient (Wildman–Crippen LogP) is 2.15. The number of pyridine rings is 1. The van der Waals surface area contributed by atoms with Crippen LogP contribution in [0.2, 0.25) is 0 Å². The lowest BCUT2D eigenvalue weighted by Crippen LogP contribution is -2.43. The highest BCUT2D eigenvalue weighted by atomic mass is 16.6. The first-order valence-electron chi connectivity index (χ1n) is 7.69. The van der Waals surface area contributed by atoms with E-state index in [1.54, 1.807) is 37.4 Å². The van der Waals surface area contributed by atoms with Crippen molar-refractivity contribution in [2.75, 3.05) is 43.5 Å². The molecule has 0 radical (unpaired) electrons. The summed E-state index contributed by atoms with van der Waals surface area (Å²) in [5, 5.41) is 17.6. The van der Waals surface area contributed by atoms with E-state index in [2.05, 4.69) is 20.5 Å². The van der Waals surface area contributed by atoms with Crippen molar-refractivity contribution in [1.29, 1.82) is 0 Å². The lowest BCUT2D eigenvalue weighted by Gasteiger charge is -2.28. The summed E-state index contributed by atoms with van der Waals surface area (Å²) in [4.78, 5) is 17.4. The molecule has 0 aliphatic carbocycles. The van der Waals surface area contributed by atoms with Gasteiger partial charge in [-0.25, -0.2) is 4.98 Å². The number of hydrogen-bond acceptors (Lipinski definition) is 7. The fourth-order valence-corrected chi connectivity index (χ4v) is 2.56. The van der Waals surface area contributed by atoms with Crippen LogP contribution >= 0.6 is 0 Å². The Kier molecular flexibility index (Phi) is 4.76. The molecule has 1 aliphatic heterocycles. The number of piperazine rings is 1. The van der Waals surface area contributed by atoms with Gasteiger partial charge in [0, 0.05) is 37.9 Å². The SMILES string of the molecule is COc1ccc(Nc2nc(N3CCNCC3)ccc2[N+](=O)[O-])cc1. The van der Waals surface area contributed by atoms with Crippen molar-refractivity contribution in [2.45, 2.75) is 0 Å². The molecule has 1 saturated heterocycles. The minimum Gasteiger partial charge on any atom is -0.497 e. The number of ether oxygens (including phenoxy) is 1.